The Morgan fingerprint density at radius 1 is 1.13 bits per heavy atom. The molecule has 2 aromatic heterocycles. The first-order chi connectivity index (χ1) is 18.3. The molecule has 4 aromatic rings. The van der Waals surface area contributed by atoms with Crippen LogP contribution >= 0.6 is 15.9 Å². The second-order valence-electron chi connectivity index (χ2n) is 12.3. The van der Waals surface area contributed by atoms with E-state index >= 15 is 0 Å². The van der Waals surface area contributed by atoms with E-state index in [2.05, 4.69) is 98.3 Å². The number of aromatic nitrogens is 2. The van der Waals surface area contributed by atoms with E-state index in [1.54, 1.807) is 0 Å². The molecule has 0 saturated carbocycles. The van der Waals surface area contributed by atoms with Gasteiger partial charge in [-0.15, -0.1) is 0 Å². The molecule has 0 amide bonds. The van der Waals surface area contributed by atoms with Gasteiger partial charge < -0.3 is 0 Å². The molecular weight excluding hydrogens is 532 g/mol. The predicted molar refractivity (Wildman–Crippen MR) is 162 cm³/mol. The molecule has 3 aliphatic carbocycles. The van der Waals surface area contributed by atoms with Crippen molar-refractivity contribution in [3.05, 3.63) is 98.6 Å². The molecule has 0 bridgehead atoms. The van der Waals surface area contributed by atoms with Gasteiger partial charge in [0.2, 0.25) is 0 Å². The second-order valence-corrected chi connectivity index (χ2v) is 13.2. The molecule has 0 fully saturated rings. The zero-order valence-corrected chi connectivity index (χ0v) is 24.0. The smallest absolute Gasteiger partial charge is 0.264 e. The van der Waals surface area contributed by atoms with Crippen LogP contribution in [0.15, 0.2) is 81.6 Å². The molecule has 4 heteroatoms. The van der Waals surface area contributed by atoms with E-state index in [1.807, 2.05) is 16.5 Å². The number of halogens is 1. The van der Waals surface area contributed by atoms with E-state index in [4.69, 9.17) is 4.98 Å². The maximum atomic E-state index is 14.2. The first-order valence-corrected chi connectivity index (χ1v) is 14.7. The molecule has 3 aliphatic rings. The summed E-state index contributed by atoms with van der Waals surface area (Å²) in [6, 6.07) is 10.2. The van der Waals surface area contributed by atoms with Gasteiger partial charge in [0.05, 0.1) is 11.4 Å². The average molecular weight is 566 g/mol. The third kappa shape index (κ3) is 3.52. The molecule has 3 nitrogen and oxygen atoms in total. The van der Waals surface area contributed by atoms with Gasteiger partial charge in [0.1, 0.15) is 5.65 Å². The predicted octanol–water partition coefficient (Wildman–Crippen LogP) is 8.52. The molecule has 0 saturated heterocycles. The molecule has 4 unspecified atom stereocenters. The van der Waals surface area contributed by atoms with Crippen molar-refractivity contribution in [3.8, 4) is 0 Å². The van der Waals surface area contributed by atoms with Crippen molar-refractivity contribution in [2.45, 2.75) is 47.0 Å². The average Bonchev–Trinajstić information content (AvgIpc) is 3.27. The fraction of sp³-hybridized carbons (Fsp3) is 0.353. The van der Waals surface area contributed by atoms with Crippen LogP contribution in [0.25, 0.3) is 32.8 Å². The highest BCUT2D eigenvalue weighted by Gasteiger charge is 2.38. The number of allylic oxidation sites excluding steroid dienone is 8. The standard InChI is InChI=1S/C34H33BrN2O/c1-5-7-20-14-27(21-10-11-22-18-34(3,4)17-19(2)26(22)16-21)31-29(15-20)36-32-24-9-6-8-23-28(35)13-12-25(30(23)24)33(38)37(31)32/h5-14,18-21,26H,15-17H2,1-4H3. The Bertz CT molecular complexity index is 1800. The van der Waals surface area contributed by atoms with Crippen LogP contribution in [0.1, 0.15) is 51.9 Å². The molecule has 0 N–H and O–H groups in total. The Morgan fingerprint density at radius 2 is 1.95 bits per heavy atom. The summed E-state index contributed by atoms with van der Waals surface area (Å²) in [6.07, 6.45) is 17.2. The summed E-state index contributed by atoms with van der Waals surface area (Å²) in [5, 5.41) is 3.87. The molecule has 4 atom stereocenters. The van der Waals surface area contributed by atoms with E-state index in [0.717, 1.165) is 55.9 Å². The molecule has 192 valence electrons. The molecular formula is C34H33BrN2O. The van der Waals surface area contributed by atoms with Crippen LogP contribution in [0.2, 0.25) is 0 Å². The lowest BCUT2D eigenvalue weighted by atomic mass is 9.63. The number of hydrogen-bond acceptors (Lipinski definition) is 2. The Labute approximate surface area is 232 Å². The first kappa shape index (κ1) is 24.1. The fourth-order valence-corrected chi connectivity index (χ4v) is 8.13. The van der Waals surface area contributed by atoms with Gasteiger partial charge in [-0.25, -0.2) is 4.98 Å². The van der Waals surface area contributed by atoms with Crippen LogP contribution < -0.4 is 5.56 Å². The number of imidazole rings is 1. The number of nitrogens with zero attached hydrogens (tertiary/aromatic N) is 2. The number of benzene rings is 2. The van der Waals surface area contributed by atoms with Crippen LogP contribution in [0.5, 0.6) is 0 Å². The maximum Gasteiger partial charge on any atom is 0.264 e. The third-order valence-electron chi connectivity index (χ3n) is 9.10. The minimum atomic E-state index is 0.0356. The Kier molecular flexibility index (Phi) is 5.39. The first-order valence-electron chi connectivity index (χ1n) is 13.9. The van der Waals surface area contributed by atoms with Gasteiger partial charge >= 0.3 is 0 Å². The fourth-order valence-electron chi connectivity index (χ4n) is 7.67. The van der Waals surface area contributed by atoms with Crippen LogP contribution in [-0.2, 0) is 6.42 Å². The van der Waals surface area contributed by atoms with Crippen molar-refractivity contribution < 1.29 is 0 Å². The molecule has 2 heterocycles. The number of hydrogen-bond donors (Lipinski definition) is 0. The number of fused-ring (bicyclic) bond motifs is 5. The monoisotopic (exact) mass is 564 g/mol. The lowest BCUT2D eigenvalue weighted by Crippen LogP contribution is -2.31. The van der Waals surface area contributed by atoms with Crippen molar-refractivity contribution in [2.24, 2.45) is 29.1 Å². The van der Waals surface area contributed by atoms with Gasteiger partial charge in [0, 0.05) is 38.9 Å². The zero-order valence-electron chi connectivity index (χ0n) is 22.5. The highest BCUT2D eigenvalue weighted by Crippen LogP contribution is 2.49. The van der Waals surface area contributed by atoms with Gasteiger partial charge in [0.15, 0.2) is 0 Å². The minimum absolute atomic E-state index is 0.0356. The highest BCUT2D eigenvalue weighted by atomic mass is 79.9. The summed E-state index contributed by atoms with van der Waals surface area (Å²) >= 11 is 3.69. The zero-order chi connectivity index (χ0) is 26.3. The van der Waals surface area contributed by atoms with E-state index in [9.17, 15) is 4.79 Å². The SMILES string of the molecule is CC=CC1C=C(C2C=CC3=CC(C)(C)CC(C)C3C2)c2c(nc3c4cccc5c(Br)ccc(c(=O)n23)c54)C1. The van der Waals surface area contributed by atoms with Crippen LogP contribution in [0, 0.1) is 29.1 Å². The molecule has 0 spiro atoms. The summed E-state index contributed by atoms with van der Waals surface area (Å²) in [6.45, 7) is 9.21. The molecule has 0 aliphatic heterocycles. The van der Waals surface area contributed by atoms with Gasteiger partial charge in [-0.1, -0.05) is 91.4 Å². The van der Waals surface area contributed by atoms with E-state index < -0.39 is 0 Å². The van der Waals surface area contributed by atoms with E-state index in [0.29, 0.717) is 11.8 Å². The van der Waals surface area contributed by atoms with Crippen LogP contribution in [0.3, 0.4) is 0 Å². The molecule has 2 aromatic carbocycles. The van der Waals surface area contributed by atoms with E-state index in [1.165, 1.54) is 17.6 Å². The molecule has 38 heavy (non-hydrogen) atoms. The van der Waals surface area contributed by atoms with Crippen molar-refractivity contribution in [3.63, 3.8) is 0 Å². The van der Waals surface area contributed by atoms with Crippen molar-refractivity contribution >= 4 is 48.7 Å². The Morgan fingerprint density at radius 3 is 2.76 bits per heavy atom. The molecule has 0 radical (unpaired) electrons. The highest BCUT2D eigenvalue weighted by molar-refractivity contribution is 9.10. The quantitative estimate of drug-likeness (QED) is 0.228. The largest absolute Gasteiger partial charge is 0.268 e. The summed E-state index contributed by atoms with van der Waals surface area (Å²) < 4.78 is 2.94. The van der Waals surface area contributed by atoms with Crippen LogP contribution in [0.4, 0.5) is 0 Å². The Hall–Kier alpha value is -2.98. The van der Waals surface area contributed by atoms with Gasteiger partial charge in [-0.3, -0.25) is 9.20 Å². The number of rotatable bonds is 2. The second kappa shape index (κ2) is 8.51. The molecule has 7 rings (SSSR count). The summed E-state index contributed by atoms with van der Waals surface area (Å²) in [7, 11) is 0. The maximum absolute atomic E-state index is 14.2. The lowest BCUT2D eigenvalue weighted by Gasteiger charge is -2.41. The van der Waals surface area contributed by atoms with Crippen LogP contribution in [-0.4, -0.2) is 9.38 Å². The topological polar surface area (TPSA) is 34.4 Å². The van der Waals surface area contributed by atoms with Gasteiger partial charge in [0.25, 0.3) is 5.56 Å². The third-order valence-corrected chi connectivity index (χ3v) is 9.79. The van der Waals surface area contributed by atoms with Crippen molar-refractivity contribution in [2.75, 3.05) is 0 Å². The van der Waals surface area contributed by atoms with E-state index in [-0.39, 0.29) is 22.8 Å². The Balaban J connectivity index is 1.47. The summed E-state index contributed by atoms with van der Waals surface area (Å²) in [4.78, 5) is 19.4. The number of pyridine rings is 1. The van der Waals surface area contributed by atoms with Crippen molar-refractivity contribution in [1.29, 1.82) is 0 Å². The van der Waals surface area contributed by atoms with Crippen molar-refractivity contribution in [1.82, 2.24) is 9.38 Å². The minimum Gasteiger partial charge on any atom is -0.268 e. The summed E-state index contributed by atoms with van der Waals surface area (Å²) in [5.41, 5.74) is 5.90. The van der Waals surface area contributed by atoms with Gasteiger partial charge in [-0.2, -0.15) is 0 Å². The normalized spacial score (nSPS) is 26.7. The summed E-state index contributed by atoms with van der Waals surface area (Å²) in [5.74, 6) is 1.74. The lowest BCUT2D eigenvalue weighted by molar-refractivity contribution is 0.241. The van der Waals surface area contributed by atoms with Gasteiger partial charge in [-0.05, 0) is 65.7 Å².